The summed E-state index contributed by atoms with van der Waals surface area (Å²) >= 11 is 0. The maximum atomic E-state index is 11.6. The summed E-state index contributed by atoms with van der Waals surface area (Å²) in [5, 5.41) is 6.23. The van der Waals surface area contributed by atoms with Gasteiger partial charge in [0.05, 0.1) is 19.8 Å². The summed E-state index contributed by atoms with van der Waals surface area (Å²) in [6.07, 6.45) is 3.91. The Morgan fingerprint density at radius 1 is 1.17 bits per heavy atom. The maximum absolute atomic E-state index is 11.6. The van der Waals surface area contributed by atoms with E-state index in [1.807, 2.05) is 0 Å². The Hall–Kier alpha value is -0.610. The molecule has 2 heterocycles. The first-order valence-electron chi connectivity index (χ1n) is 11.1. The second-order valence-electron chi connectivity index (χ2n) is 8.43. The zero-order chi connectivity index (χ0) is 20.4. The van der Waals surface area contributed by atoms with Gasteiger partial charge in [0.2, 0.25) is 5.91 Å². The second-order valence-corrected chi connectivity index (χ2v) is 8.43. The van der Waals surface area contributed by atoms with E-state index in [0.29, 0.717) is 24.3 Å². The molecule has 0 aromatic carbocycles. The van der Waals surface area contributed by atoms with Crippen molar-refractivity contribution >= 4 is 35.8 Å². The molecule has 0 aliphatic carbocycles. The van der Waals surface area contributed by atoms with Crippen molar-refractivity contribution < 1.29 is 9.53 Å². The summed E-state index contributed by atoms with van der Waals surface area (Å²) in [5.74, 6) is 2.33. The van der Waals surface area contributed by atoms with Gasteiger partial charge in [-0.2, -0.15) is 0 Å². The molecule has 0 spiro atoms. The highest BCUT2D eigenvalue weighted by atomic mass is 127. The van der Waals surface area contributed by atoms with Crippen LogP contribution in [-0.4, -0.2) is 87.2 Å². The molecule has 2 aliphatic heterocycles. The van der Waals surface area contributed by atoms with Gasteiger partial charge in [0.15, 0.2) is 5.96 Å². The Morgan fingerprint density at radius 2 is 1.83 bits per heavy atom. The lowest BCUT2D eigenvalue weighted by molar-refractivity contribution is -0.121. The predicted octanol–water partition coefficient (Wildman–Crippen LogP) is 2.16. The molecule has 170 valence electrons. The third-order valence-electron chi connectivity index (χ3n) is 5.76. The van der Waals surface area contributed by atoms with Crippen molar-refractivity contribution in [2.75, 3.05) is 59.5 Å². The average molecular weight is 524 g/mol. The number of nitrogens with one attached hydrogen (secondary N) is 2. The SMILES string of the molecule is CCNC(=NCC(CC(C)C)N1CCOCC1)N1CCC(CC(=O)NC)CC1.I. The van der Waals surface area contributed by atoms with Crippen LogP contribution in [0.5, 0.6) is 0 Å². The number of amides is 1. The van der Waals surface area contributed by atoms with Crippen LogP contribution >= 0.6 is 24.0 Å². The number of nitrogens with zero attached hydrogens (tertiary/aromatic N) is 3. The number of piperidine rings is 1. The molecule has 2 fully saturated rings. The first-order chi connectivity index (χ1) is 13.5. The van der Waals surface area contributed by atoms with Gasteiger partial charge in [-0.15, -0.1) is 24.0 Å². The number of ether oxygens (including phenoxy) is 1. The summed E-state index contributed by atoms with van der Waals surface area (Å²) < 4.78 is 5.53. The fourth-order valence-electron chi connectivity index (χ4n) is 4.16. The number of likely N-dealkylation sites (tertiary alicyclic amines) is 1. The van der Waals surface area contributed by atoms with Gasteiger partial charge in [0.25, 0.3) is 0 Å². The van der Waals surface area contributed by atoms with Crippen molar-refractivity contribution in [3.63, 3.8) is 0 Å². The van der Waals surface area contributed by atoms with E-state index in [-0.39, 0.29) is 29.9 Å². The first-order valence-corrected chi connectivity index (χ1v) is 11.1. The van der Waals surface area contributed by atoms with Crippen LogP contribution in [0.15, 0.2) is 4.99 Å². The van der Waals surface area contributed by atoms with Gasteiger partial charge in [-0.3, -0.25) is 14.7 Å². The van der Waals surface area contributed by atoms with E-state index in [2.05, 4.69) is 41.2 Å². The molecule has 8 heteroatoms. The van der Waals surface area contributed by atoms with Crippen LogP contribution < -0.4 is 10.6 Å². The van der Waals surface area contributed by atoms with E-state index in [4.69, 9.17) is 9.73 Å². The van der Waals surface area contributed by atoms with Gasteiger partial charge in [0, 0.05) is 52.2 Å². The Morgan fingerprint density at radius 3 is 2.38 bits per heavy atom. The number of carbonyl (C=O) groups excluding carboxylic acids is 1. The Labute approximate surface area is 194 Å². The monoisotopic (exact) mass is 523 g/mol. The van der Waals surface area contributed by atoms with Crippen molar-refractivity contribution in [3.8, 4) is 0 Å². The van der Waals surface area contributed by atoms with Crippen LogP contribution in [-0.2, 0) is 9.53 Å². The van der Waals surface area contributed by atoms with Crippen LogP contribution in [0.2, 0.25) is 0 Å². The quantitative estimate of drug-likeness (QED) is 0.290. The fourth-order valence-corrected chi connectivity index (χ4v) is 4.16. The fraction of sp³-hybridized carbons (Fsp3) is 0.905. The number of hydrogen-bond acceptors (Lipinski definition) is 4. The largest absolute Gasteiger partial charge is 0.379 e. The van der Waals surface area contributed by atoms with Crippen LogP contribution in [0.3, 0.4) is 0 Å². The normalized spacial score (nSPS) is 20.3. The third kappa shape index (κ3) is 9.38. The Bertz CT molecular complexity index is 489. The van der Waals surface area contributed by atoms with Crippen molar-refractivity contribution in [3.05, 3.63) is 0 Å². The zero-order valence-corrected chi connectivity index (χ0v) is 21.1. The van der Waals surface area contributed by atoms with E-state index in [0.717, 1.165) is 77.7 Å². The van der Waals surface area contributed by atoms with E-state index in [9.17, 15) is 4.79 Å². The summed E-state index contributed by atoms with van der Waals surface area (Å²) in [6.45, 7) is 14.0. The van der Waals surface area contributed by atoms with Crippen LogP contribution in [0.4, 0.5) is 0 Å². The number of hydrogen-bond donors (Lipinski definition) is 2. The lowest BCUT2D eigenvalue weighted by atomic mass is 9.93. The molecule has 2 aliphatic rings. The number of carbonyl (C=O) groups is 1. The van der Waals surface area contributed by atoms with Gasteiger partial charge < -0.3 is 20.3 Å². The molecule has 0 saturated carbocycles. The van der Waals surface area contributed by atoms with Crippen molar-refractivity contribution in [1.82, 2.24) is 20.4 Å². The summed E-state index contributed by atoms with van der Waals surface area (Å²) in [7, 11) is 1.72. The minimum atomic E-state index is 0. The van der Waals surface area contributed by atoms with Crippen LogP contribution in [0.25, 0.3) is 0 Å². The van der Waals surface area contributed by atoms with Crippen molar-refractivity contribution in [1.29, 1.82) is 0 Å². The van der Waals surface area contributed by atoms with Crippen LogP contribution in [0, 0.1) is 11.8 Å². The summed E-state index contributed by atoms with van der Waals surface area (Å²) in [4.78, 5) is 21.6. The van der Waals surface area contributed by atoms with Crippen LogP contribution in [0.1, 0.15) is 46.5 Å². The molecule has 0 bridgehead atoms. The molecule has 2 saturated heterocycles. The molecule has 2 N–H and O–H groups in total. The van der Waals surface area contributed by atoms with E-state index in [1.165, 1.54) is 0 Å². The maximum Gasteiger partial charge on any atom is 0.220 e. The van der Waals surface area contributed by atoms with E-state index in [1.54, 1.807) is 7.05 Å². The van der Waals surface area contributed by atoms with E-state index < -0.39 is 0 Å². The topological polar surface area (TPSA) is 69.2 Å². The molecular weight excluding hydrogens is 481 g/mol. The van der Waals surface area contributed by atoms with Gasteiger partial charge in [0.1, 0.15) is 0 Å². The molecule has 0 aromatic heterocycles. The molecular formula is C21H42IN5O2. The molecule has 0 radical (unpaired) electrons. The molecule has 1 atom stereocenters. The average Bonchev–Trinajstić information content (AvgIpc) is 2.71. The Balaban J connectivity index is 0.00000420. The van der Waals surface area contributed by atoms with Gasteiger partial charge >= 0.3 is 0 Å². The Kier molecular flexibility index (Phi) is 13.1. The molecule has 29 heavy (non-hydrogen) atoms. The van der Waals surface area contributed by atoms with Crippen molar-refractivity contribution in [2.24, 2.45) is 16.8 Å². The number of halogens is 1. The molecule has 1 unspecified atom stereocenters. The highest BCUT2D eigenvalue weighted by Gasteiger charge is 2.25. The van der Waals surface area contributed by atoms with Gasteiger partial charge in [-0.05, 0) is 38.0 Å². The first kappa shape index (κ1) is 26.4. The van der Waals surface area contributed by atoms with Gasteiger partial charge in [-0.25, -0.2) is 0 Å². The lowest BCUT2D eigenvalue weighted by Gasteiger charge is -2.36. The van der Waals surface area contributed by atoms with Gasteiger partial charge in [-0.1, -0.05) is 13.8 Å². The summed E-state index contributed by atoms with van der Waals surface area (Å²) in [5.41, 5.74) is 0. The minimum absolute atomic E-state index is 0. The highest BCUT2D eigenvalue weighted by Crippen LogP contribution is 2.21. The summed E-state index contributed by atoms with van der Waals surface area (Å²) in [6, 6.07) is 0.475. The zero-order valence-electron chi connectivity index (χ0n) is 18.8. The smallest absolute Gasteiger partial charge is 0.220 e. The standard InChI is InChI=1S/C21H41N5O2.HI/c1-5-23-21(26-8-6-18(7-9-26)15-20(27)22-4)24-16-19(14-17(2)3)25-10-12-28-13-11-25;/h17-19H,5-16H2,1-4H3,(H,22,27)(H,23,24);1H. The number of guanidine groups is 1. The molecule has 7 nitrogen and oxygen atoms in total. The molecule has 0 aromatic rings. The molecule has 2 rings (SSSR count). The highest BCUT2D eigenvalue weighted by molar-refractivity contribution is 14.0. The van der Waals surface area contributed by atoms with E-state index >= 15 is 0 Å². The number of aliphatic imine (C=N–C) groups is 1. The lowest BCUT2D eigenvalue weighted by Crippen LogP contribution is -2.48. The number of morpholine rings is 1. The number of rotatable bonds is 8. The predicted molar refractivity (Wildman–Crippen MR) is 130 cm³/mol. The van der Waals surface area contributed by atoms with Crippen molar-refractivity contribution in [2.45, 2.75) is 52.5 Å². The molecule has 1 amide bonds. The minimum Gasteiger partial charge on any atom is -0.379 e. The second kappa shape index (κ2) is 14.4. The third-order valence-corrected chi connectivity index (χ3v) is 5.76.